The second-order valence-corrected chi connectivity index (χ2v) is 5.34. The van der Waals surface area contributed by atoms with Gasteiger partial charge in [-0.05, 0) is 36.3 Å². The highest BCUT2D eigenvalue weighted by Crippen LogP contribution is 2.30. The van der Waals surface area contributed by atoms with Crippen LogP contribution < -0.4 is 10.6 Å². The van der Waals surface area contributed by atoms with Crippen LogP contribution >= 0.6 is 0 Å². The number of hydrogen-bond acceptors (Lipinski definition) is 2. The van der Waals surface area contributed by atoms with Gasteiger partial charge in [-0.25, -0.2) is 0 Å². The maximum atomic E-state index is 3.67. The molecule has 0 saturated heterocycles. The average molecular weight is 216 g/mol. The largest absolute Gasteiger partial charge is 0.384 e. The molecule has 1 aliphatic heterocycles. The van der Waals surface area contributed by atoms with E-state index in [1.54, 1.807) is 0 Å². The summed E-state index contributed by atoms with van der Waals surface area (Å²) >= 11 is 0. The summed E-state index contributed by atoms with van der Waals surface area (Å²) in [5.41, 5.74) is 2.81. The van der Waals surface area contributed by atoms with E-state index < -0.39 is 0 Å². The molecule has 1 saturated carbocycles. The monoisotopic (exact) mass is 216 g/mol. The molecule has 2 N–H and O–H groups in total. The van der Waals surface area contributed by atoms with Crippen LogP contribution in [-0.2, 0) is 6.42 Å². The maximum Gasteiger partial charge on any atom is 0.0372 e. The van der Waals surface area contributed by atoms with Gasteiger partial charge < -0.3 is 10.6 Å². The highest BCUT2D eigenvalue weighted by Gasteiger charge is 2.32. The molecule has 0 aromatic heterocycles. The van der Waals surface area contributed by atoms with Gasteiger partial charge in [0.05, 0.1) is 0 Å². The van der Waals surface area contributed by atoms with E-state index in [1.165, 1.54) is 24.1 Å². The summed E-state index contributed by atoms with van der Waals surface area (Å²) in [5, 5.41) is 7.19. The molecule has 2 nitrogen and oxygen atoms in total. The average Bonchev–Trinajstić information content (AvgIpc) is 3.03. The van der Waals surface area contributed by atoms with Crippen molar-refractivity contribution in [1.29, 1.82) is 0 Å². The standard InChI is InChI=1S/C14H20N2/c1-10-6-14(10)16-9-11-7-12-4-2-3-5-13(12)15-8-11/h2-5,10-11,14-16H,6-9H2,1H3. The number of benzene rings is 1. The van der Waals surface area contributed by atoms with Gasteiger partial charge in [-0.15, -0.1) is 0 Å². The molecule has 2 heteroatoms. The number of hydrogen-bond donors (Lipinski definition) is 2. The summed E-state index contributed by atoms with van der Waals surface area (Å²) in [7, 11) is 0. The Balaban J connectivity index is 1.56. The van der Waals surface area contributed by atoms with Crippen LogP contribution in [0.3, 0.4) is 0 Å². The molecule has 1 aromatic rings. The predicted octanol–water partition coefficient (Wildman–Crippen LogP) is 2.27. The van der Waals surface area contributed by atoms with Gasteiger partial charge in [0.25, 0.3) is 0 Å². The minimum absolute atomic E-state index is 0.752. The van der Waals surface area contributed by atoms with Crippen molar-refractivity contribution in [2.75, 3.05) is 18.4 Å². The third-order valence-electron chi connectivity index (χ3n) is 3.89. The zero-order valence-corrected chi connectivity index (χ0v) is 9.87. The van der Waals surface area contributed by atoms with E-state index in [-0.39, 0.29) is 0 Å². The summed E-state index contributed by atoms with van der Waals surface area (Å²) < 4.78 is 0. The lowest BCUT2D eigenvalue weighted by molar-refractivity contribution is 0.475. The SMILES string of the molecule is CC1CC1NCC1CNc2ccccc2C1. The molecule has 16 heavy (non-hydrogen) atoms. The molecule has 1 aromatic carbocycles. The van der Waals surface area contributed by atoms with E-state index in [9.17, 15) is 0 Å². The highest BCUT2D eigenvalue weighted by molar-refractivity contribution is 5.53. The van der Waals surface area contributed by atoms with Crippen LogP contribution in [0.4, 0.5) is 5.69 Å². The van der Waals surface area contributed by atoms with E-state index in [4.69, 9.17) is 0 Å². The lowest BCUT2D eigenvalue weighted by Gasteiger charge is -2.26. The second-order valence-electron chi connectivity index (χ2n) is 5.34. The molecule has 0 spiro atoms. The van der Waals surface area contributed by atoms with Gasteiger partial charge >= 0.3 is 0 Å². The Kier molecular flexibility index (Phi) is 2.60. The Morgan fingerprint density at radius 2 is 2.19 bits per heavy atom. The Morgan fingerprint density at radius 3 is 3.00 bits per heavy atom. The smallest absolute Gasteiger partial charge is 0.0372 e. The first-order chi connectivity index (χ1) is 7.83. The number of anilines is 1. The van der Waals surface area contributed by atoms with E-state index >= 15 is 0 Å². The van der Waals surface area contributed by atoms with E-state index in [2.05, 4.69) is 41.8 Å². The lowest BCUT2D eigenvalue weighted by atomic mass is 9.94. The van der Waals surface area contributed by atoms with Gasteiger partial charge in [0.15, 0.2) is 0 Å². The van der Waals surface area contributed by atoms with Crippen molar-refractivity contribution < 1.29 is 0 Å². The van der Waals surface area contributed by atoms with Crippen molar-refractivity contribution in [3.63, 3.8) is 0 Å². The number of fused-ring (bicyclic) bond motifs is 1. The van der Waals surface area contributed by atoms with Crippen LogP contribution in [0, 0.1) is 11.8 Å². The predicted molar refractivity (Wildman–Crippen MR) is 67.7 cm³/mol. The zero-order chi connectivity index (χ0) is 11.0. The van der Waals surface area contributed by atoms with Crippen LogP contribution in [0.5, 0.6) is 0 Å². The van der Waals surface area contributed by atoms with E-state index in [0.717, 1.165) is 31.0 Å². The normalized spacial score (nSPS) is 31.7. The topological polar surface area (TPSA) is 24.1 Å². The molecule has 2 aliphatic rings. The minimum atomic E-state index is 0.752. The quantitative estimate of drug-likeness (QED) is 0.810. The Hall–Kier alpha value is -1.02. The minimum Gasteiger partial charge on any atom is -0.384 e. The molecule has 1 aliphatic carbocycles. The van der Waals surface area contributed by atoms with Crippen LogP contribution in [0.1, 0.15) is 18.9 Å². The molecule has 0 bridgehead atoms. The third kappa shape index (κ3) is 2.07. The highest BCUT2D eigenvalue weighted by atomic mass is 15.0. The number of rotatable bonds is 3. The van der Waals surface area contributed by atoms with Gasteiger partial charge in [-0.3, -0.25) is 0 Å². The van der Waals surface area contributed by atoms with E-state index in [1.807, 2.05) is 0 Å². The van der Waals surface area contributed by atoms with Gasteiger partial charge in [0.1, 0.15) is 0 Å². The van der Waals surface area contributed by atoms with Crippen molar-refractivity contribution in [2.45, 2.75) is 25.8 Å². The summed E-state index contributed by atoms with van der Waals surface area (Å²) in [6.45, 7) is 4.60. The van der Waals surface area contributed by atoms with Crippen LogP contribution in [0.15, 0.2) is 24.3 Å². The maximum absolute atomic E-state index is 3.67. The fraction of sp³-hybridized carbons (Fsp3) is 0.571. The first kappa shape index (κ1) is 10.2. The molecule has 0 amide bonds. The Labute approximate surface area is 97.4 Å². The first-order valence-electron chi connectivity index (χ1n) is 6.38. The van der Waals surface area contributed by atoms with Crippen molar-refractivity contribution in [2.24, 2.45) is 11.8 Å². The summed E-state index contributed by atoms with van der Waals surface area (Å²) in [6, 6.07) is 9.48. The van der Waals surface area contributed by atoms with Gasteiger partial charge in [0, 0.05) is 24.8 Å². The zero-order valence-electron chi connectivity index (χ0n) is 9.87. The fourth-order valence-electron chi connectivity index (χ4n) is 2.58. The van der Waals surface area contributed by atoms with Crippen molar-refractivity contribution in [3.8, 4) is 0 Å². The molecule has 3 rings (SSSR count). The van der Waals surface area contributed by atoms with Crippen molar-refractivity contribution >= 4 is 5.69 Å². The van der Waals surface area contributed by atoms with Gasteiger partial charge in [-0.2, -0.15) is 0 Å². The van der Waals surface area contributed by atoms with Crippen LogP contribution in [-0.4, -0.2) is 19.1 Å². The van der Waals surface area contributed by atoms with Gasteiger partial charge in [0.2, 0.25) is 0 Å². The molecule has 1 heterocycles. The summed E-state index contributed by atoms with van der Waals surface area (Å²) in [5.74, 6) is 1.66. The Morgan fingerprint density at radius 1 is 1.38 bits per heavy atom. The second kappa shape index (κ2) is 4.10. The van der Waals surface area contributed by atoms with E-state index in [0.29, 0.717) is 0 Å². The molecule has 3 atom stereocenters. The van der Waals surface area contributed by atoms with Crippen LogP contribution in [0.2, 0.25) is 0 Å². The number of para-hydroxylation sites is 1. The summed E-state index contributed by atoms with van der Waals surface area (Å²) in [6.07, 6.45) is 2.59. The molecule has 0 radical (unpaired) electrons. The Bertz CT molecular complexity index is 375. The number of nitrogens with one attached hydrogen (secondary N) is 2. The van der Waals surface area contributed by atoms with Crippen molar-refractivity contribution in [3.05, 3.63) is 29.8 Å². The molecule has 1 fully saturated rings. The molecular formula is C14H20N2. The lowest BCUT2D eigenvalue weighted by Crippen LogP contribution is -2.33. The molecule has 3 unspecified atom stereocenters. The first-order valence-corrected chi connectivity index (χ1v) is 6.38. The van der Waals surface area contributed by atoms with Crippen molar-refractivity contribution in [1.82, 2.24) is 5.32 Å². The van der Waals surface area contributed by atoms with Gasteiger partial charge in [-0.1, -0.05) is 25.1 Å². The third-order valence-corrected chi connectivity index (χ3v) is 3.89. The summed E-state index contributed by atoms with van der Waals surface area (Å²) in [4.78, 5) is 0. The molecular weight excluding hydrogens is 196 g/mol. The fourth-order valence-corrected chi connectivity index (χ4v) is 2.58. The van der Waals surface area contributed by atoms with Crippen LogP contribution in [0.25, 0.3) is 0 Å². The molecule has 86 valence electrons.